The molecular formula is C21H36O6Rf4-4. The van der Waals surface area contributed by atoms with Crippen LogP contribution < -0.4 is 0 Å². The molecule has 0 aliphatic carbocycles. The van der Waals surface area contributed by atoms with E-state index in [4.69, 9.17) is 30.3 Å². The third kappa shape index (κ3) is 16.2. The van der Waals surface area contributed by atoms with Crippen LogP contribution >= 0.6 is 0 Å². The Kier molecular flexibility index (Phi) is 15.9. The summed E-state index contributed by atoms with van der Waals surface area (Å²) in [5.74, 6) is 0. The van der Waals surface area contributed by atoms with E-state index in [1.807, 2.05) is 6.92 Å². The maximum absolute atomic E-state index is 5.23. The van der Waals surface area contributed by atoms with Crippen molar-refractivity contribution in [3.63, 3.8) is 0 Å². The molecule has 168 valence electrons. The summed E-state index contributed by atoms with van der Waals surface area (Å²) in [5.41, 5.74) is 0.519. The average molecular weight is 1450 g/mol. The van der Waals surface area contributed by atoms with Crippen molar-refractivity contribution in [2.45, 2.75) is 32.5 Å². The molecule has 6 nitrogen and oxygen atoms in total. The molecule has 2 unspecified atom stereocenters. The number of epoxide rings is 2. The molecule has 0 spiro atoms. The molecule has 0 saturated carbocycles. The Balaban J connectivity index is -0.000000157. The van der Waals surface area contributed by atoms with Crippen molar-refractivity contribution in [3.05, 3.63) is 33.6 Å². The number of hydrogen-bond donors (Lipinski definition) is 0. The Morgan fingerprint density at radius 2 is 1.29 bits per heavy atom. The van der Waals surface area contributed by atoms with Crippen LogP contribution in [0.3, 0.4) is 0 Å². The predicted molar refractivity (Wildman–Crippen MR) is 104 cm³/mol. The van der Waals surface area contributed by atoms with Gasteiger partial charge in [0.15, 0.2) is 0 Å². The van der Waals surface area contributed by atoms with Gasteiger partial charge in [-0.25, -0.2) is 13.2 Å². The van der Waals surface area contributed by atoms with E-state index in [-0.39, 0.29) is 16.4 Å². The maximum atomic E-state index is 5.23. The largest absolute Gasteiger partial charge is 0.554 e. The first-order chi connectivity index (χ1) is 12.6. The summed E-state index contributed by atoms with van der Waals surface area (Å²) in [6.07, 6.45) is 1.85. The summed E-state index contributed by atoms with van der Waals surface area (Å²) in [4.78, 5) is 0. The first kappa shape index (κ1) is 34.0. The molecule has 4 fully saturated rings. The summed E-state index contributed by atoms with van der Waals surface area (Å²) in [6.45, 7) is 25.6. The van der Waals surface area contributed by atoms with Crippen LogP contribution in [0.25, 0.3) is 0 Å². The van der Waals surface area contributed by atoms with Crippen LogP contribution in [-0.2, 0) is 28.4 Å². The molecule has 4 heterocycles. The van der Waals surface area contributed by atoms with Crippen molar-refractivity contribution >= 4 is 0 Å². The van der Waals surface area contributed by atoms with E-state index in [2.05, 4.69) is 39.5 Å². The van der Waals surface area contributed by atoms with Crippen LogP contribution in [0.5, 0.6) is 0 Å². The number of hydrogen-bond acceptors (Lipinski definition) is 6. The van der Waals surface area contributed by atoms with E-state index < -0.39 is 0 Å². The third-order valence-electron chi connectivity index (χ3n) is 3.96. The second-order valence-corrected chi connectivity index (χ2v) is 8.40. The van der Waals surface area contributed by atoms with Gasteiger partial charge in [0.05, 0.1) is 33.0 Å². The zero-order chi connectivity index (χ0) is 20.4. The minimum atomic E-state index is 0. The molecule has 4 rings (SSSR count). The van der Waals surface area contributed by atoms with Crippen LogP contribution in [0.4, 0.5) is 0 Å². The second kappa shape index (κ2) is 14.5. The van der Waals surface area contributed by atoms with Crippen molar-refractivity contribution in [1.82, 2.24) is 0 Å². The Morgan fingerprint density at radius 3 is 1.45 bits per heavy atom. The van der Waals surface area contributed by atoms with Gasteiger partial charge in [0.2, 0.25) is 0 Å². The van der Waals surface area contributed by atoms with Crippen LogP contribution in [0.15, 0.2) is 6.08 Å². The molecule has 0 aromatic carbocycles. The molecular weight excluding hydrogens is 1420 g/mol. The van der Waals surface area contributed by atoms with Gasteiger partial charge in [0.1, 0.15) is 0 Å². The van der Waals surface area contributed by atoms with E-state index in [0.29, 0.717) is 19.3 Å². The van der Waals surface area contributed by atoms with E-state index in [0.717, 1.165) is 46.2 Å². The fourth-order valence-corrected chi connectivity index (χ4v) is 1.88. The summed E-state index contributed by atoms with van der Waals surface area (Å²) in [6, 6.07) is 0. The third-order valence-corrected chi connectivity index (χ3v) is 3.96. The Labute approximate surface area is 165 Å². The molecule has 0 bridgehead atoms. The van der Waals surface area contributed by atoms with E-state index in [1.54, 1.807) is 0 Å². The summed E-state index contributed by atoms with van der Waals surface area (Å²) >= 11 is 0. The van der Waals surface area contributed by atoms with Gasteiger partial charge in [-0.15, -0.1) is 0 Å². The SMILES string of the molecule is [CH-]=CCOCC1(C)COC1.[CH2-]C1(C)CO1.[CH2-]C1CO1.[CH2-]OCC1(C)COC1.[Rf].[Rf].[Rf].[Rf]. The van der Waals surface area contributed by atoms with Crippen LogP contribution in [0.1, 0.15) is 20.8 Å². The molecule has 2 atom stereocenters. The minimum absolute atomic E-state index is 0. The van der Waals surface area contributed by atoms with Crippen molar-refractivity contribution in [2.24, 2.45) is 10.8 Å². The van der Waals surface area contributed by atoms with Gasteiger partial charge in [-0.2, -0.15) is 0 Å². The van der Waals surface area contributed by atoms with E-state index in [1.165, 1.54) is 6.08 Å². The average Bonchev–Trinajstić information content (AvgIpc) is 3.47. The van der Waals surface area contributed by atoms with Crippen LogP contribution in [0.2, 0.25) is 0 Å². The molecule has 0 N–H and O–H groups in total. The fourth-order valence-electron chi connectivity index (χ4n) is 1.88. The van der Waals surface area contributed by atoms with E-state index in [9.17, 15) is 0 Å². The predicted octanol–water partition coefficient (Wildman–Crippen LogP) is 2.69. The van der Waals surface area contributed by atoms with Gasteiger partial charge in [0.25, 0.3) is 0 Å². The number of rotatable bonds is 6. The second-order valence-electron chi connectivity index (χ2n) is 8.40. The summed E-state index contributed by atoms with van der Waals surface area (Å²) in [7, 11) is 3.30. The van der Waals surface area contributed by atoms with E-state index >= 15 is 0 Å². The van der Waals surface area contributed by atoms with Gasteiger partial charge in [-0.05, 0) is 11.7 Å². The molecule has 31 heavy (non-hydrogen) atoms. The van der Waals surface area contributed by atoms with Crippen LogP contribution in [0, 0.1) is 38.4 Å². The van der Waals surface area contributed by atoms with Crippen LogP contribution in [-0.4, -0.2) is 71.2 Å². The molecule has 0 aromatic rings. The minimum Gasteiger partial charge on any atom is -0.554 e. The Bertz CT molecular complexity index is 422. The Hall–Kier alpha value is -4.50. The van der Waals surface area contributed by atoms with Gasteiger partial charge >= 0.3 is 0 Å². The van der Waals surface area contributed by atoms with Gasteiger partial charge in [-0.3, -0.25) is 0 Å². The molecule has 0 amide bonds. The maximum Gasteiger partial charge on any atom is 0.0566 e. The molecule has 10 heteroatoms. The normalized spacial score (nSPS) is 26.5. The topological polar surface area (TPSA) is 62.0 Å². The number of ether oxygens (including phenoxy) is 6. The van der Waals surface area contributed by atoms with Gasteiger partial charge < -0.3 is 48.8 Å². The molecule has 4 aliphatic heterocycles. The summed E-state index contributed by atoms with van der Waals surface area (Å²) in [5, 5.41) is 0. The first-order valence-corrected chi connectivity index (χ1v) is 9.21. The smallest absolute Gasteiger partial charge is 0.0566 e. The zero-order valence-corrected chi connectivity index (χ0v) is 45.6. The van der Waals surface area contributed by atoms with Gasteiger partial charge in [-0.1, -0.05) is 20.8 Å². The standard InChI is InChI=1S/C8H13O2.C6H11O2.C4H7O.C3H5O.4Rf/c1-3-4-9-5-8(2)6-10-7-8;1-6(3-7-2)4-8-5-6;1-4(2)3-5-4;1-3-2-4-3;;;;/h1,3H,4-7H2,2H3;2-5H2,1H3;1,3H2,2H3;3H,1-2H2;;;;/q4*-1;;;;. The zero-order valence-electron chi connectivity index (χ0n) is 20.0. The van der Waals surface area contributed by atoms with Crippen molar-refractivity contribution < 1.29 is 28.4 Å². The molecule has 4 saturated heterocycles. The molecule has 0 radical (unpaired) electrons. The quantitative estimate of drug-likeness (QED) is 0.232. The van der Waals surface area contributed by atoms with Crippen molar-refractivity contribution in [1.29, 1.82) is 0 Å². The first-order valence-electron chi connectivity index (χ1n) is 9.21. The summed E-state index contributed by atoms with van der Waals surface area (Å²) < 4.78 is 29.4. The Morgan fingerprint density at radius 1 is 0.935 bits per heavy atom. The van der Waals surface area contributed by atoms with Crippen molar-refractivity contribution in [3.8, 4) is 0 Å². The monoisotopic (exact) mass is 1450 g/mol. The molecule has 0 aromatic heterocycles. The molecule has 4 aliphatic rings. The van der Waals surface area contributed by atoms with Crippen molar-refractivity contribution in [2.75, 3.05) is 59.5 Å². The fraction of sp³-hybridized carbons (Fsp3) is 0.762. The van der Waals surface area contributed by atoms with Gasteiger partial charge in [0, 0.05) is 37.3 Å².